The van der Waals surface area contributed by atoms with Gasteiger partial charge in [-0.05, 0) is 19.1 Å². The molecule has 0 radical (unpaired) electrons. The highest BCUT2D eigenvalue weighted by Crippen LogP contribution is 2.26. The number of hydrogen-bond acceptors (Lipinski definition) is 6. The van der Waals surface area contributed by atoms with Crippen molar-refractivity contribution in [1.82, 2.24) is 5.16 Å². The van der Waals surface area contributed by atoms with Gasteiger partial charge in [0.25, 0.3) is 0 Å². The molecule has 2 aromatic rings. The van der Waals surface area contributed by atoms with Crippen LogP contribution in [0.15, 0.2) is 27.3 Å². The predicted octanol–water partition coefficient (Wildman–Crippen LogP) is 1.98. The first-order valence-corrected chi connectivity index (χ1v) is 4.88. The summed E-state index contributed by atoms with van der Waals surface area (Å²) in [4.78, 5) is 11.5. The number of hydrogen-bond donors (Lipinski definition) is 0. The molecular weight excluding hydrogens is 224 g/mol. The van der Waals surface area contributed by atoms with E-state index >= 15 is 0 Å². The average molecular weight is 232 g/mol. The highest BCUT2D eigenvalue weighted by atomic mass is 16.5. The highest BCUT2D eigenvalue weighted by Gasteiger charge is 2.25. The van der Waals surface area contributed by atoms with Crippen LogP contribution in [-0.2, 0) is 4.74 Å². The third kappa shape index (κ3) is 1.90. The smallest absolute Gasteiger partial charge is 0.361 e. The summed E-state index contributed by atoms with van der Waals surface area (Å²) in [6.45, 7) is 1.87. The van der Waals surface area contributed by atoms with E-state index in [4.69, 9.17) is 18.9 Å². The minimum absolute atomic E-state index is 0.0124. The number of furan rings is 1. The topological polar surface area (TPSA) is 89.3 Å². The maximum absolute atomic E-state index is 11.5. The van der Waals surface area contributed by atoms with Gasteiger partial charge in [0.05, 0.1) is 12.9 Å². The van der Waals surface area contributed by atoms with Crippen LogP contribution in [0.3, 0.4) is 0 Å². The third-order valence-corrected chi connectivity index (χ3v) is 2.02. The molecule has 0 saturated carbocycles. The van der Waals surface area contributed by atoms with E-state index in [2.05, 4.69) is 5.16 Å². The lowest BCUT2D eigenvalue weighted by Crippen LogP contribution is -2.06. The number of carbonyl (C=O) groups excluding carboxylic acids is 1. The van der Waals surface area contributed by atoms with Crippen LogP contribution < -0.4 is 0 Å². The van der Waals surface area contributed by atoms with E-state index in [9.17, 15) is 4.79 Å². The van der Waals surface area contributed by atoms with Crippen molar-refractivity contribution in [1.29, 1.82) is 5.26 Å². The van der Waals surface area contributed by atoms with Crippen molar-refractivity contribution in [2.24, 2.45) is 0 Å². The molecule has 17 heavy (non-hydrogen) atoms. The van der Waals surface area contributed by atoms with Crippen molar-refractivity contribution in [2.45, 2.75) is 6.92 Å². The molecule has 6 nitrogen and oxygen atoms in total. The molecule has 2 aromatic heterocycles. The van der Waals surface area contributed by atoms with Crippen molar-refractivity contribution in [3.05, 3.63) is 29.7 Å². The molecule has 0 saturated heterocycles. The van der Waals surface area contributed by atoms with E-state index in [-0.39, 0.29) is 23.6 Å². The predicted molar refractivity (Wildman–Crippen MR) is 54.9 cm³/mol. The molecule has 0 N–H and O–H groups in total. The van der Waals surface area contributed by atoms with Gasteiger partial charge in [0.2, 0.25) is 11.5 Å². The Labute approximate surface area is 96.4 Å². The number of nitrogens with zero attached hydrogens (tertiary/aromatic N) is 2. The van der Waals surface area contributed by atoms with Crippen LogP contribution in [0.2, 0.25) is 0 Å². The summed E-state index contributed by atoms with van der Waals surface area (Å²) >= 11 is 0. The maximum Gasteiger partial charge on any atom is 0.361 e. The van der Waals surface area contributed by atoms with Gasteiger partial charge in [-0.1, -0.05) is 5.16 Å². The summed E-state index contributed by atoms with van der Waals surface area (Å²) in [6, 6.07) is 5.10. The Bertz CT molecular complexity index is 563. The lowest BCUT2D eigenvalue weighted by molar-refractivity contribution is 0.0514. The molecule has 86 valence electrons. The summed E-state index contributed by atoms with van der Waals surface area (Å²) in [5.74, 6) is -0.226. The number of nitriles is 1. The first-order chi connectivity index (χ1) is 8.27. The van der Waals surface area contributed by atoms with Crippen molar-refractivity contribution in [2.75, 3.05) is 6.61 Å². The number of aromatic nitrogens is 1. The normalized spacial score (nSPS) is 9.88. The van der Waals surface area contributed by atoms with Gasteiger partial charge in [-0.2, -0.15) is 5.26 Å². The standard InChI is InChI=1S/C11H8N2O4/c1-2-15-11(14)9-7(6-12)10(17-13-9)8-4-3-5-16-8/h3-5H,2H2,1H3. The second kappa shape index (κ2) is 4.53. The van der Waals surface area contributed by atoms with Crippen LogP contribution in [-0.4, -0.2) is 17.7 Å². The summed E-state index contributed by atoms with van der Waals surface area (Å²) < 4.78 is 14.8. The zero-order valence-corrected chi connectivity index (χ0v) is 8.97. The molecular formula is C11H8N2O4. The third-order valence-electron chi connectivity index (χ3n) is 2.02. The lowest BCUT2D eigenvalue weighted by Gasteiger charge is -1.96. The Balaban J connectivity index is 2.45. The fourth-order valence-electron chi connectivity index (χ4n) is 1.31. The zero-order valence-electron chi connectivity index (χ0n) is 8.97. The Morgan fingerprint density at radius 3 is 3.06 bits per heavy atom. The SMILES string of the molecule is CCOC(=O)c1noc(-c2ccco2)c1C#N. The van der Waals surface area contributed by atoms with E-state index in [0.29, 0.717) is 5.76 Å². The van der Waals surface area contributed by atoms with E-state index in [1.807, 2.05) is 6.07 Å². The Kier molecular flexibility index (Phi) is 2.92. The minimum atomic E-state index is -0.689. The van der Waals surface area contributed by atoms with Crippen molar-refractivity contribution in [3.63, 3.8) is 0 Å². The fourth-order valence-corrected chi connectivity index (χ4v) is 1.31. The molecule has 0 aromatic carbocycles. The first kappa shape index (κ1) is 11.0. The van der Waals surface area contributed by atoms with Gasteiger partial charge in [-0.3, -0.25) is 0 Å². The summed E-state index contributed by atoms with van der Waals surface area (Å²) in [6.07, 6.45) is 1.43. The largest absolute Gasteiger partial charge is 0.461 e. The van der Waals surface area contributed by atoms with Gasteiger partial charge in [-0.15, -0.1) is 0 Å². The van der Waals surface area contributed by atoms with Crippen LogP contribution in [0.5, 0.6) is 0 Å². The molecule has 6 heteroatoms. The number of carbonyl (C=O) groups is 1. The minimum Gasteiger partial charge on any atom is -0.461 e. The van der Waals surface area contributed by atoms with E-state index in [1.165, 1.54) is 6.26 Å². The van der Waals surface area contributed by atoms with Crippen molar-refractivity contribution < 1.29 is 18.5 Å². The number of rotatable bonds is 3. The van der Waals surface area contributed by atoms with Gasteiger partial charge >= 0.3 is 5.97 Å². The van der Waals surface area contributed by atoms with E-state index < -0.39 is 5.97 Å². The maximum atomic E-state index is 11.5. The van der Waals surface area contributed by atoms with E-state index in [0.717, 1.165) is 0 Å². The zero-order chi connectivity index (χ0) is 12.3. The molecule has 2 heterocycles. The molecule has 0 aliphatic carbocycles. The Hall–Kier alpha value is -2.55. The molecule has 0 atom stereocenters. The van der Waals surface area contributed by atoms with Crippen LogP contribution in [0, 0.1) is 11.3 Å². The summed E-state index contributed by atoms with van der Waals surface area (Å²) in [5, 5.41) is 12.5. The molecule has 0 spiro atoms. The Morgan fingerprint density at radius 2 is 2.47 bits per heavy atom. The number of esters is 1. The molecule has 0 bridgehead atoms. The van der Waals surface area contributed by atoms with Gasteiger partial charge in [-0.25, -0.2) is 4.79 Å². The molecule has 0 unspecified atom stereocenters. The molecule has 2 rings (SSSR count). The average Bonchev–Trinajstić information content (AvgIpc) is 2.97. The fraction of sp³-hybridized carbons (Fsp3) is 0.182. The first-order valence-electron chi connectivity index (χ1n) is 4.88. The quantitative estimate of drug-likeness (QED) is 0.751. The Morgan fingerprint density at radius 1 is 1.65 bits per heavy atom. The van der Waals surface area contributed by atoms with Crippen LogP contribution in [0.25, 0.3) is 11.5 Å². The van der Waals surface area contributed by atoms with Gasteiger partial charge in [0.15, 0.2) is 5.76 Å². The van der Waals surface area contributed by atoms with Gasteiger partial charge in [0, 0.05) is 0 Å². The summed E-state index contributed by atoms with van der Waals surface area (Å²) in [5.41, 5.74) is -0.126. The monoisotopic (exact) mass is 232 g/mol. The van der Waals surface area contributed by atoms with E-state index in [1.54, 1.807) is 19.1 Å². The lowest BCUT2D eigenvalue weighted by atomic mass is 10.2. The number of ether oxygens (including phenoxy) is 1. The van der Waals surface area contributed by atoms with Gasteiger partial charge in [0.1, 0.15) is 11.6 Å². The van der Waals surface area contributed by atoms with Crippen LogP contribution >= 0.6 is 0 Å². The van der Waals surface area contributed by atoms with Crippen LogP contribution in [0.4, 0.5) is 0 Å². The van der Waals surface area contributed by atoms with Gasteiger partial charge < -0.3 is 13.7 Å². The molecule has 0 fully saturated rings. The highest BCUT2D eigenvalue weighted by molar-refractivity contribution is 5.91. The molecule has 0 aliphatic rings. The van der Waals surface area contributed by atoms with Crippen LogP contribution in [0.1, 0.15) is 23.0 Å². The second-order valence-corrected chi connectivity index (χ2v) is 3.04. The van der Waals surface area contributed by atoms with Crippen molar-refractivity contribution in [3.8, 4) is 17.6 Å². The molecule has 0 aliphatic heterocycles. The van der Waals surface area contributed by atoms with Crippen molar-refractivity contribution >= 4 is 5.97 Å². The second-order valence-electron chi connectivity index (χ2n) is 3.04. The molecule has 0 amide bonds. The summed E-state index contributed by atoms with van der Waals surface area (Å²) in [7, 11) is 0.